The number of nitrogens with zero attached hydrogens (tertiary/aromatic N) is 2. The van der Waals surface area contributed by atoms with Gasteiger partial charge in [0.1, 0.15) is 5.75 Å². The minimum atomic E-state index is -3.56. The van der Waals surface area contributed by atoms with Crippen LogP contribution in [0.3, 0.4) is 0 Å². The van der Waals surface area contributed by atoms with Crippen LogP contribution >= 0.6 is 0 Å². The first-order chi connectivity index (χ1) is 10.7. The van der Waals surface area contributed by atoms with Gasteiger partial charge in [-0.1, -0.05) is 0 Å². The SMILES string of the molecule is COc1ccc(S(=O)(=O)N2CCC(N(C)S(C)(=O)=O)CC2)cc1. The van der Waals surface area contributed by atoms with E-state index in [9.17, 15) is 16.8 Å². The van der Waals surface area contributed by atoms with E-state index in [1.807, 2.05) is 0 Å². The van der Waals surface area contributed by atoms with Gasteiger partial charge in [-0.15, -0.1) is 0 Å². The Morgan fingerprint density at radius 3 is 2.04 bits per heavy atom. The smallest absolute Gasteiger partial charge is 0.243 e. The molecule has 1 fully saturated rings. The maximum Gasteiger partial charge on any atom is 0.243 e. The van der Waals surface area contributed by atoms with Crippen molar-refractivity contribution in [3.05, 3.63) is 24.3 Å². The number of rotatable bonds is 5. The van der Waals surface area contributed by atoms with Gasteiger partial charge in [0.15, 0.2) is 0 Å². The van der Waals surface area contributed by atoms with Crippen LogP contribution in [0.2, 0.25) is 0 Å². The lowest BCUT2D eigenvalue weighted by Gasteiger charge is -2.34. The summed E-state index contributed by atoms with van der Waals surface area (Å²) in [7, 11) is -3.77. The number of hydrogen-bond acceptors (Lipinski definition) is 5. The molecule has 0 N–H and O–H groups in total. The summed E-state index contributed by atoms with van der Waals surface area (Å²) in [6.45, 7) is 0.609. The zero-order chi connectivity index (χ0) is 17.3. The molecule has 1 aliphatic heterocycles. The monoisotopic (exact) mass is 362 g/mol. The zero-order valence-corrected chi connectivity index (χ0v) is 15.1. The van der Waals surface area contributed by atoms with Crippen molar-refractivity contribution < 1.29 is 21.6 Å². The topological polar surface area (TPSA) is 84.0 Å². The maximum absolute atomic E-state index is 12.6. The molecule has 0 aliphatic carbocycles. The molecule has 2 rings (SSSR count). The molecule has 1 aliphatic rings. The van der Waals surface area contributed by atoms with E-state index in [2.05, 4.69) is 0 Å². The molecule has 0 amide bonds. The van der Waals surface area contributed by atoms with Crippen LogP contribution in [0.25, 0.3) is 0 Å². The highest BCUT2D eigenvalue weighted by molar-refractivity contribution is 7.89. The van der Waals surface area contributed by atoms with Crippen LogP contribution < -0.4 is 4.74 Å². The van der Waals surface area contributed by atoms with Crippen LogP contribution in [0.4, 0.5) is 0 Å². The second-order valence-corrected chi connectivity index (χ2v) is 9.57. The average molecular weight is 362 g/mol. The van der Waals surface area contributed by atoms with Gasteiger partial charge in [-0.2, -0.15) is 4.31 Å². The molecule has 0 atom stereocenters. The minimum Gasteiger partial charge on any atom is -0.497 e. The van der Waals surface area contributed by atoms with Gasteiger partial charge in [-0.3, -0.25) is 0 Å². The van der Waals surface area contributed by atoms with Gasteiger partial charge in [0.05, 0.1) is 18.3 Å². The fourth-order valence-electron chi connectivity index (χ4n) is 2.61. The number of sulfonamides is 2. The van der Waals surface area contributed by atoms with Crippen molar-refractivity contribution in [2.75, 3.05) is 33.5 Å². The first kappa shape index (κ1) is 18.2. The van der Waals surface area contributed by atoms with E-state index in [4.69, 9.17) is 4.74 Å². The van der Waals surface area contributed by atoms with Crippen LogP contribution in [-0.2, 0) is 20.0 Å². The minimum absolute atomic E-state index is 0.160. The Bertz CT molecular complexity index is 736. The summed E-state index contributed by atoms with van der Waals surface area (Å²) in [5.41, 5.74) is 0. The standard InChI is InChI=1S/C14H22N2O5S2/c1-15(22(3,17)18)12-8-10-16(11-9-12)23(19,20)14-6-4-13(21-2)5-7-14/h4-7,12H,8-11H2,1-3H3. The Kier molecular flexibility index (Phi) is 5.34. The van der Waals surface area contributed by atoms with Crippen LogP contribution in [-0.4, -0.2) is 65.0 Å². The summed E-state index contributed by atoms with van der Waals surface area (Å²) < 4.78 is 56.1. The van der Waals surface area contributed by atoms with E-state index in [0.29, 0.717) is 31.7 Å². The average Bonchev–Trinajstić information content (AvgIpc) is 2.53. The van der Waals surface area contributed by atoms with E-state index < -0.39 is 20.0 Å². The molecule has 0 saturated carbocycles. The van der Waals surface area contributed by atoms with E-state index in [0.717, 1.165) is 6.26 Å². The van der Waals surface area contributed by atoms with E-state index >= 15 is 0 Å². The van der Waals surface area contributed by atoms with E-state index in [1.54, 1.807) is 12.1 Å². The van der Waals surface area contributed by atoms with Crippen LogP contribution in [0, 0.1) is 0 Å². The third-order valence-electron chi connectivity index (χ3n) is 4.16. The Labute approximate surface area is 137 Å². The van der Waals surface area contributed by atoms with Crippen molar-refractivity contribution in [3.63, 3.8) is 0 Å². The molecule has 1 aromatic rings. The van der Waals surface area contributed by atoms with Crippen molar-refractivity contribution in [1.82, 2.24) is 8.61 Å². The summed E-state index contributed by atoms with van der Waals surface area (Å²) in [5.74, 6) is 0.595. The summed E-state index contributed by atoms with van der Waals surface area (Å²) in [5, 5.41) is 0. The molecule has 0 bridgehead atoms. The molecule has 0 aromatic heterocycles. The third kappa shape index (κ3) is 4.03. The molecule has 9 heteroatoms. The predicted octanol–water partition coefficient (Wildman–Crippen LogP) is 0.740. The molecule has 1 saturated heterocycles. The molecule has 130 valence electrons. The summed E-state index contributed by atoms with van der Waals surface area (Å²) in [4.78, 5) is 0.216. The lowest BCUT2D eigenvalue weighted by atomic mass is 10.1. The highest BCUT2D eigenvalue weighted by Gasteiger charge is 2.32. The molecule has 1 aromatic carbocycles. The molecular weight excluding hydrogens is 340 g/mol. The number of methoxy groups -OCH3 is 1. The normalized spacial score (nSPS) is 18.3. The number of hydrogen-bond donors (Lipinski definition) is 0. The fraction of sp³-hybridized carbons (Fsp3) is 0.571. The number of ether oxygens (including phenoxy) is 1. The maximum atomic E-state index is 12.6. The van der Waals surface area contributed by atoms with Crippen LogP contribution in [0.1, 0.15) is 12.8 Å². The quantitative estimate of drug-likeness (QED) is 0.771. The van der Waals surface area contributed by atoms with Crippen LogP contribution in [0.5, 0.6) is 5.75 Å². The molecule has 23 heavy (non-hydrogen) atoms. The predicted molar refractivity (Wildman–Crippen MR) is 87.4 cm³/mol. The number of piperidine rings is 1. The molecule has 1 heterocycles. The van der Waals surface area contributed by atoms with Crippen molar-refractivity contribution in [2.45, 2.75) is 23.8 Å². The van der Waals surface area contributed by atoms with Gasteiger partial charge in [0.25, 0.3) is 0 Å². The Hall–Kier alpha value is -1.16. The van der Waals surface area contributed by atoms with Gasteiger partial charge in [0.2, 0.25) is 20.0 Å². The van der Waals surface area contributed by atoms with Gasteiger partial charge < -0.3 is 4.74 Å². The first-order valence-electron chi connectivity index (χ1n) is 7.23. The largest absolute Gasteiger partial charge is 0.497 e. The second kappa shape index (κ2) is 6.76. The Morgan fingerprint density at radius 1 is 1.09 bits per heavy atom. The summed E-state index contributed by atoms with van der Waals surface area (Å²) in [6, 6.07) is 6.09. The summed E-state index contributed by atoms with van der Waals surface area (Å²) in [6.07, 6.45) is 2.13. The molecule has 7 nitrogen and oxygen atoms in total. The highest BCUT2D eigenvalue weighted by Crippen LogP contribution is 2.24. The van der Waals surface area contributed by atoms with Crippen LogP contribution in [0.15, 0.2) is 29.2 Å². The van der Waals surface area contributed by atoms with Gasteiger partial charge in [-0.05, 0) is 37.1 Å². The first-order valence-corrected chi connectivity index (χ1v) is 10.5. The Balaban J connectivity index is 2.09. The number of benzene rings is 1. The Morgan fingerprint density at radius 2 is 1.61 bits per heavy atom. The molecule has 0 radical (unpaired) electrons. The van der Waals surface area contributed by atoms with Gasteiger partial charge in [-0.25, -0.2) is 21.1 Å². The van der Waals surface area contributed by atoms with Crippen molar-refractivity contribution in [2.24, 2.45) is 0 Å². The van der Waals surface area contributed by atoms with Crippen molar-refractivity contribution in [3.8, 4) is 5.75 Å². The van der Waals surface area contributed by atoms with Crippen molar-refractivity contribution in [1.29, 1.82) is 0 Å². The van der Waals surface area contributed by atoms with Gasteiger partial charge in [0, 0.05) is 26.2 Å². The molecule has 0 spiro atoms. The van der Waals surface area contributed by atoms with E-state index in [-0.39, 0.29) is 10.9 Å². The molecule has 0 unspecified atom stereocenters. The van der Waals surface area contributed by atoms with E-state index in [1.165, 1.54) is 34.9 Å². The third-order valence-corrected chi connectivity index (χ3v) is 7.42. The fourth-order valence-corrected chi connectivity index (χ4v) is 4.84. The van der Waals surface area contributed by atoms with Crippen molar-refractivity contribution >= 4 is 20.0 Å². The molecular formula is C14H22N2O5S2. The lowest BCUT2D eigenvalue weighted by molar-refractivity contribution is 0.239. The summed E-state index contributed by atoms with van der Waals surface area (Å²) >= 11 is 0. The second-order valence-electron chi connectivity index (χ2n) is 5.59. The highest BCUT2D eigenvalue weighted by atomic mass is 32.2. The zero-order valence-electron chi connectivity index (χ0n) is 13.5. The lowest BCUT2D eigenvalue weighted by Crippen LogP contribution is -2.46. The van der Waals surface area contributed by atoms with Gasteiger partial charge >= 0.3 is 0 Å².